The molecule has 94 valence electrons. The first kappa shape index (κ1) is 12.4. The molecule has 1 N–H and O–H groups in total. The number of piperidine rings is 1. The van der Waals surface area contributed by atoms with Crippen LogP contribution in [0.1, 0.15) is 44.9 Å². The molecule has 0 aromatic rings. The van der Waals surface area contributed by atoms with Gasteiger partial charge in [0.15, 0.2) is 9.84 Å². The fourth-order valence-corrected chi connectivity index (χ4v) is 4.90. The second-order valence-electron chi connectivity index (χ2n) is 5.26. The third kappa shape index (κ3) is 3.20. The van der Waals surface area contributed by atoms with E-state index in [1.54, 1.807) is 0 Å². The van der Waals surface area contributed by atoms with Crippen LogP contribution in [0, 0.1) is 5.92 Å². The molecular weight excluding hydrogens is 222 g/mol. The normalized spacial score (nSPS) is 25.0. The van der Waals surface area contributed by atoms with Crippen molar-refractivity contribution in [3.63, 3.8) is 0 Å². The Morgan fingerprint density at radius 2 is 1.62 bits per heavy atom. The molecular formula is C12H23NO2S. The lowest BCUT2D eigenvalue weighted by molar-refractivity contribution is 0.484. The van der Waals surface area contributed by atoms with Crippen LogP contribution in [-0.2, 0) is 9.84 Å². The molecule has 2 rings (SSSR count). The molecule has 0 amide bonds. The summed E-state index contributed by atoms with van der Waals surface area (Å²) in [6, 6.07) is 0. The Morgan fingerprint density at radius 1 is 1.00 bits per heavy atom. The minimum absolute atomic E-state index is 0.0600. The molecule has 0 aromatic carbocycles. The molecule has 2 aliphatic rings. The number of rotatable bonds is 4. The molecule has 0 unspecified atom stereocenters. The van der Waals surface area contributed by atoms with Gasteiger partial charge in [0.1, 0.15) is 0 Å². The molecule has 1 saturated carbocycles. The van der Waals surface area contributed by atoms with Crippen LogP contribution in [0.3, 0.4) is 0 Å². The zero-order valence-corrected chi connectivity index (χ0v) is 10.8. The van der Waals surface area contributed by atoms with Gasteiger partial charge in [0.2, 0.25) is 0 Å². The van der Waals surface area contributed by atoms with Crippen LogP contribution in [0.15, 0.2) is 0 Å². The molecule has 1 aliphatic carbocycles. The summed E-state index contributed by atoms with van der Waals surface area (Å²) >= 11 is 0. The van der Waals surface area contributed by atoms with Gasteiger partial charge in [0, 0.05) is 0 Å². The van der Waals surface area contributed by atoms with Gasteiger partial charge in [0.05, 0.1) is 11.0 Å². The third-order valence-corrected chi connectivity index (χ3v) is 6.37. The molecule has 16 heavy (non-hydrogen) atoms. The standard InChI is InChI=1S/C12H23NO2S/c14-16(15,12-5-8-13-9-6-12)10-7-11-3-1-2-4-11/h11-13H,1-10H2. The average molecular weight is 245 g/mol. The van der Waals surface area contributed by atoms with Crippen LogP contribution < -0.4 is 5.32 Å². The van der Waals surface area contributed by atoms with Gasteiger partial charge in [-0.25, -0.2) is 8.42 Å². The summed E-state index contributed by atoms with van der Waals surface area (Å²) in [5.41, 5.74) is 0. The summed E-state index contributed by atoms with van der Waals surface area (Å²) in [4.78, 5) is 0. The van der Waals surface area contributed by atoms with E-state index in [-0.39, 0.29) is 5.25 Å². The van der Waals surface area contributed by atoms with E-state index in [1.165, 1.54) is 25.7 Å². The average Bonchev–Trinajstić information content (AvgIpc) is 2.81. The summed E-state index contributed by atoms with van der Waals surface area (Å²) in [5, 5.41) is 3.16. The topological polar surface area (TPSA) is 46.2 Å². The van der Waals surface area contributed by atoms with E-state index in [0.29, 0.717) is 11.7 Å². The SMILES string of the molecule is O=S(=O)(CCC1CCCC1)C1CCNCC1. The van der Waals surface area contributed by atoms with E-state index in [9.17, 15) is 8.42 Å². The first-order valence-electron chi connectivity index (χ1n) is 6.61. The molecule has 0 spiro atoms. The van der Waals surface area contributed by atoms with Crippen molar-refractivity contribution in [1.29, 1.82) is 0 Å². The molecule has 2 fully saturated rings. The number of nitrogens with one attached hydrogen (secondary N) is 1. The zero-order valence-electron chi connectivity index (χ0n) is 9.95. The monoisotopic (exact) mass is 245 g/mol. The van der Waals surface area contributed by atoms with Crippen molar-refractivity contribution in [2.45, 2.75) is 50.2 Å². The Balaban J connectivity index is 1.81. The Morgan fingerprint density at radius 3 is 2.25 bits per heavy atom. The van der Waals surface area contributed by atoms with Crippen molar-refractivity contribution >= 4 is 9.84 Å². The van der Waals surface area contributed by atoms with Crippen LogP contribution in [0.2, 0.25) is 0 Å². The lowest BCUT2D eigenvalue weighted by atomic mass is 10.1. The highest BCUT2D eigenvalue weighted by atomic mass is 32.2. The third-order valence-electron chi connectivity index (χ3n) is 4.08. The highest BCUT2D eigenvalue weighted by Gasteiger charge is 2.28. The van der Waals surface area contributed by atoms with Gasteiger partial charge in [-0.2, -0.15) is 0 Å². The fourth-order valence-electron chi connectivity index (χ4n) is 2.95. The van der Waals surface area contributed by atoms with E-state index in [1.807, 2.05) is 0 Å². The van der Waals surface area contributed by atoms with Crippen molar-refractivity contribution < 1.29 is 8.42 Å². The van der Waals surface area contributed by atoms with Gasteiger partial charge in [-0.1, -0.05) is 25.7 Å². The van der Waals surface area contributed by atoms with Crippen molar-refractivity contribution in [2.24, 2.45) is 5.92 Å². The molecule has 1 aliphatic heterocycles. The van der Waals surface area contributed by atoms with Gasteiger partial charge < -0.3 is 5.32 Å². The van der Waals surface area contributed by atoms with E-state index < -0.39 is 9.84 Å². The summed E-state index contributed by atoms with van der Waals surface area (Å²) in [5.74, 6) is 1.12. The number of hydrogen-bond acceptors (Lipinski definition) is 3. The summed E-state index contributed by atoms with van der Waals surface area (Å²) in [6.45, 7) is 1.74. The molecule has 3 nitrogen and oxygen atoms in total. The summed E-state index contributed by atoms with van der Waals surface area (Å²) < 4.78 is 24.2. The molecule has 4 heteroatoms. The Bertz CT molecular complexity index is 301. The molecule has 0 radical (unpaired) electrons. The second kappa shape index (κ2) is 5.50. The van der Waals surface area contributed by atoms with Gasteiger partial charge in [-0.05, 0) is 38.3 Å². The Hall–Kier alpha value is -0.0900. The maximum atomic E-state index is 12.1. The fraction of sp³-hybridized carbons (Fsp3) is 1.00. The largest absolute Gasteiger partial charge is 0.317 e. The van der Waals surface area contributed by atoms with Crippen molar-refractivity contribution in [1.82, 2.24) is 5.32 Å². The van der Waals surface area contributed by atoms with Gasteiger partial charge in [-0.15, -0.1) is 0 Å². The highest BCUT2D eigenvalue weighted by molar-refractivity contribution is 7.92. The molecule has 1 heterocycles. The van der Waals surface area contributed by atoms with E-state index in [0.717, 1.165) is 32.4 Å². The Labute approximate surface area is 98.9 Å². The van der Waals surface area contributed by atoms with Crippen LogP contribution in [0.4, 0.5) is 0 Å². The zero-order chi connectivity index (χ0) is 11.4. The first-order valence-corrected chi connectivity index (χ1v) is 8.32. The van der Waals surface area contributed by atoms with Crippen LogP contribution in [-0.4, -0.2) is 32.5 Å². The maximum absolute atomic E-state index is 12.1. The van der Waals surface area contributed by atoms with Crippen LogP contribution in [0.25, 0.3) is 0 Å². The predicted molar refractivity (Wildman–Crippen MR) is 66.3 cm³/mol. The minimum atomic E-state index is -2.81. The van der Waals surface area contributed by atoms with Crippen LogP contribution in [0.5, 0.6) is 0 Å². The first-order chi connectivity index (χ1) is 7.68. The molecule has 0 bridgehead atoms. The smallest absolute Gasteiger partial charge is 0.153 e. The van der Waals surface area contributed by atoms with Crippen molar-refractivity contribution in [3.8, 4) is 0 Å². The second-order valence-corrected chi connectivity index (χ2v) is 7.66. The predicted octanol–water partition coefficient (Wildman–Crippen LogP) is 1.73. The quantitative estimate of drug-likeness (QED) is 0.820. The number of sulfone groups is 1. The molecule has 0 aromatic heterocycles. The number of hydrogen-bond donors (Lipinski definition) is 1. The Kier molecular flexibility index (Phi) is 4.25. The summed E-state index contributed by atoms with van der Waals surface area (Å²) in [7, 11) is -2.81. The van der Waals surface area contributed by atoms with Crippen molar-refractivity contribution in [3.05, 3.63) is 0 Å². The lowest BCUT2D eigenvalue weighted by Crippen LogP contribution is -2.37. The molecule has 1 saturated heterocycles. The van der Waals surface area contributed by atoms with E-state index in [4.69, 9.17) is 0 Å². The van der Waals surface area contributed by atoms with E-state index in [2.05, 4.69) is 5.32 Å². The summed E-state index contributed by atoms with van der Waals surface area (Å²) in [6.07, 6.45) is 7.64. The van der Waals surface area contributed by atoms with Gasteiger partial charge in [0.25, 0.3) is 0 Å². The van der Waals surface area contributed by atoms with E-state index >= 15 is 0 Å². The highest BCUT2D eigenvalue weighted by Crippen LogP contribution is 2.28. The lowest BCUT2D eigenvalue weighted by Gasteiger charge is -2.23. The minimum Gasteiger partial charge on any atom is -0.317 e. The van der Waals surface area contributed by atoms with Gasteiger partial charge in [-0.3, -0.25) is 0 Å². The van der Waals surface area contributed by atoms with Gasteiger partial charge >= 0.3 is 0 Å². The maximum Gasteiger partial charge on any atom is 0.153 e. The van der Waals surface area contributed by atoms with Crippen LogP contribution >= 0.6 is 0 Å². The molecule has 0 atom stereocenters. The van der Waals surface area contributed by atoms with Crippen molar-refractivity contribution in [2.75, 3.05) is 18.8 Å².